The molecule has 0 radical (unpaired) electrons. The quantitative estimate of drug-likeness (QED) is 0.0410. The molecule has 420 valence electrons. The third-order valence-corrected chi connectivity index (χ3v) is 12.1. The summed E-state index contributed by atoms with van der Waals surface area (Å²) in [5, 5.41) is 53.1. The zero-order valence-corrected chi connectivity index (χ0v) is 43.0. The van der Waals surface area contributed by atoms with Gasteiger partial charge in [-0.05, 0) is 101 Å². The summed E-state index contributed by atoms with van der Waals surface area (Å²) in [5.41, 5.74) is 23.2. The monoisotopic (exact) mass is 1060 g/mol. The Bertz CT molecular complexity index is 2090. The van der Waals surface area contributed by atoms with E-state index < -0.39 is 132 Å². The summed E-state index contributed by atoms with van der Waals surface area (Å²) in [4.78, 5) is 147. The molecule has 1 aliphatic rings. The molecule has 9 atom stereocenters. The molecule has 2 rings (SSSR count). The van der Waals surface area contributed by atoms with E-state index in [0.29, 0.717) is 31.4 Å². The highest BCUT2D eigenvalue weighted by Gasteiger charge is 2.36. The first-order valence-corrected chi connectivity index (χ1v) is 25.3. The second-order valence-electron chi connectivity index (χ2n) is 18.8. The molecular weight excluding hydrogens is 983 g/mol. The molecule has 10 amide bonds. The standard InChI is InChI=1S/C48H79N13O14/c1-26(2)39(48(74)75)60-44(70)33-17-18-37(65)54-23-19-38(66)53-22-9-6-12-32(43(69)61-40(27(3)62)47(73)57-33)55-42(68)31(11-5-8-21-50)56-45(71)34(24-28-13-15-29(63)16-14-28)59-46(72)35(25-36(52)64)58-41(67)30(51)10-4-7-20-49/h13-16,26-27,30-35,39-40,62-63H,4-12,17-25,49-51H2,1-3H3,(H2,52,64)(H,53,66)(H,54,65)(H,55,68)(H,56,71)(H,57,73)(H,58,67)(H,59,72)(H,60,70)(H,61,69)(H,74,75)/t27?,30?,31-,32?,33?,34?,35-,39?,40-/m0/s1. The Morgan fingerprint density at radius 3 is 1.88 bits per heavy atom. The molecule has 6 unspecified atom stereocenters. The summed E-state index contributed by atoms with van der Waals surface area (Å²) < 4.78 is 0. The van der Waals surface area contributed by atoms with Crippen LogP contribution in [0.1, 0.15) is 110 Å². The van der Waals surface area contributed by atoms with E-state index in [1.807, 2.05) is 0 Å². The van der Waals surface area contributed by atoms with E-state index in [1.165, 1.54) is 38.1 Å². The molecule has 0 aromatic heterocycles. The molecular formula is C48H79N13O14. The predicted molar refractivity (Wildman–Crippen MR) is 271 cm³/mol. The van der Waals surface area contributed by atoms with E-state index in [0.717, 1.165) is 6.92 Å². The number of primary amides is 1. The summed E-state index contributed by atoms with van der Waals surface area (Å²) in [6, 6.07) is -6.23. The Morgan fingerprint density at radius 2 is 1.28 bits per heavy atom. The number of carboxylic acid groups (broad SMARTS) is 1. The van der Waals surface area contributed by atoms with Crippen LogP contribution in [0.25, 0.3) is 0 Å². The van der Waals surface area contributed by atoms with Crippen LogP contribution >= 0.6 is 0 Å². The van der Waals surface area contributed by atoms with Gasteiger partial charge in [0.25, 0.3) is 0 Å². The van der Waals surface area contributed by atoms with E-state index in [4.69, 9.17) is 22.9 Å². The lowest BCUT2D eigenvalue weighted by atomic mass is 10.0. The average Bonchev–Trinajstić information content (AvgIpc) is 3.34. The second-order valence-corrected chi connectivity index (χ2v) is 18.8. The molecule has 0 aliphatic carbocycles. The molecule has 1 heterocycles. The van der Waals surface area contributed by atoms with Crippen molar-refractivity contribution in [2.45, 2.75) is 165 Å². The molecule has 1 aromatic rings. The number of nitrogens with one attached hydrogen (secondary N) is 9. The third-order valence-electron chi connectivity index (χ3n) is 12.1. The third kappa shape index (κ3) is 24.3. The van der Waals surface area contributed by atoms with Crippen molar-refractivity contribution in [3.63, 3.8) is 0 Å². The topological polar surface area (TPSA) is 461 Å². The largest absolute Gasteiger partial charge is 0.508 e. The number of aliphatic hydroxyl groups is 1. The number of carboxylic acids is 1. The number of hydrogen-bond acceptors (Lipinski definition) is 16. The number of nitrogens with two attached hydrogens (primary N) is 4. The maximum Gasteiger partial charge on any atom is 0.326 e. The van der Waals surface area contributed by atoms with Gasteiger partial charge < -0.3 is 86.1 Å². The first-order chi connectivity index (χ1) is 35.5. The minimum absolute atomic E-state index is 0.0590. The van der Waals surface area contributed by atoms with Gasteiger partial charge in [-0.3, -0.25) is 47.9 Å². The molecule has 0 bridgehead atoms. The van der Waals surface area contributed by atoms with Gasteiger partial charge in [-0.25, -0.2) is 4.79 Å². The number of phenolic OH excluding ortho intramolecular Hbond substituents is 1. The number of aliphatic hydroxyl groups excluding tert-OH is 1. The highest BCUT2D eigenvalue weighted by atomic mass is 16.4. The van der Waals surface area contributed by atoms with Gasteiger partial charge in [-0.1, -0.05) is 32.4 Å². The van der Waals surface area contributed by atoms with Crippen LogP contribution in [-0.2, 0) is 59.2 Å². The van der Waals surface area contributed by atoms with Crippen molar-refractivity contribution >= 4 is 65.0 Å². The van der Waals surface area contributed by atoms with Crippen molar-refractivity contribution in [3.05, 3.63) is 29.8 Å². The normalized spacial score (nSPS) is 19.7. The zero-order valence-electron chi connectivity index (χ0n) is 43.0. The van der Waals surface area contributed by atoms with E-state index >= 15 is 0 Å². The molecule has 1 fully saturated rings. The molecule has 1 aromatic carbocycles. The van der Waals surface area contributed by atoms with Crippen molar-refractivity contribution in [3.8, 4) is 5.75 Å². The van der Waals surface area contributed by atoms with Crippen molar-refractivity contribution < 1.29 is 68.1 Å². The van der Waals surface area contributed by atoms with Crippen molar-refractivity contribution in [1.82, 2.24) is 47.9 Å². The van der Waals surface area contributed by atoms with E-state index in [1.54, 1.807) is 0 Å². The van der Waals surface area contributed by atoms with Gasteiger partial charge in [0.05, 0.1) is 18.6 Å². The SMILES string of the molecule is CC(C)C(NC(=O)C1CCC(=O)NCCC(=O)NCCCCC(NC(=O)[C@H](CCCCN)NC(=O)C(Cc2ccc(O)cc2)NC(=O)[C@H](CC(N)=O)NC(=O)C(N)CCCCN)C(=O)N[C@@H](C(C)O)C(=O)N1)C(=O)O. The first kappa shape index (κ1) is 64.1. The van der Waals surface area contributed by atoms with Crippen LogP contribution < -0.4 is 70.8 Å². The average molecular weight is 1060 g/mol. The summed E-state index contributed by atoms with van der Waals surface area (Å²) in [6.07, 6.45) is -1.22. The lowest BCUT2D eigenvalue weighted by Gasteiger charge is -2.29. The molecule has 0 spiro atoms. The van der Waals surface area contributed by atoms with Gasteiger partial charge in [0.1, 0.15) is 48.0 Å². The molecule has 1 aliphatic heterocycles. The van der Waals surface area contributed by atoms with E-state index in [9.17, 15) is 68.1 Å². The van der Waals surface area contributed by atoms with Gasteiger partial charge in [0.2, 0.25) is 59.1 Å². The maximum atomic E-state index is 14.4. The number of phenols is 1. The number of aromatic hydroxyl groups is 1. The molecule has 0 saturated carbocycles. The summed E-state index contributed by atoms with van der Waals surface area (Å²) in [7, 11) is 0. The maximum absolute atomic E-state index is 14.4. The van der Waals surface area contributed by atoms with E-state index in [-0.39, 0.29) is 89.6 Å². The Hall–Kier alpha value is -6.97. The fourth-order valence-electron chi connectivity index (χ4n) is 7.68. The van der Waals surface area contributed by atoms with Crippen LogP contribution in [-0.4, -0.2) is 161 Å². The summed E-state index contributed by atoms with van der Waals surface area (Å²) in [6.45, 7) is 4.84. The lowest BCUT2D eigenvalue weighted by molar-refractivity contribution is -0.144. The molecule has 20 N–H and O–H groups in total. The minimum Gasteiger partial charge on any atom is -0.508 e. The van der Waals surface area contributed by atoms with Crippen molar-refractivity contribution in [2.24, 2.45) is 28.9 Å². The molecule has 75 heavy (non-hydrogen) atoms. The van der Waals surface area contributed by atoms with Crippen LogP contribution in [0, 0.1) is 5.92 Å². The van der Waals surface area contributed by atoms with Crippen LogP contribution in [0.5, 0.6) is 5.75 Å². The number of amides is 10. The first-order valence-electron chi connectivity index (χ1n) is 25.3. The summed E-state index contributed by atoms with van der Waals surface area (Å²) in [5.74, 6) is -10.8. The molecule has 27 nitrogen and oxygen atoms in total. The van der Waals surface area contributed by atoms with Crippen molar-refractivity contribution in [2.75, 3.05) is 26.2 Å². The van der Waals surface area contributed by atoms with Gasteiger partial charge in [-0.2, -0.15) is 0 Å². The van der Waals surface area contributed by atoms with Crippen LogP contribution in [0.2, 0.25) is 0 Å². The Labute approximate surface area is 435 Å². The fourth-order valence-corrected chi connectivity index (χ4v) is 7.68. The number of hydrogen-bond donors (Lipinski definition) is 16. The highest BCUT2D eigenvalue weighted by Crippen LogP contribution is 2.14. The highest BCUT2D eigenvalue weighted by molar-refractivity contribution is 5.98. The predicted octanol–water partition coefficient (Wildman–Crippen LogP) is -4.50. The number of benzene rings is 1. The lowest BCUT2D eigenvalue weighted by Crippen LogP contribution is -2.62. The van der Waals surface area contributed by atoms with Gasteiger partial charge in [-0.15, -0.1) is 0 Å². The Kier molecular flexibility index (Phi) is 28.9. The van der Waals surface area contributed by atoms with Crippen LogP contribution in [0.15, 0.2) is 24.3 Å². The van der Waals surface area contributed by atoms with Gasteiger partial charge >= 0.3 is 5.97 Å². The smallest absolute Gasteiger partial charge is 0.326 e. The second kappa shape index (κ2) is 33.8. The summed E-state index contributed by atoms with van der Waals surface area (Å²) >= 11 is 0. The van der Waals surface area contributed by atoms with Crippen LogP contribution in [0.3, 0.4) is 0 Å². The minimum atomic E-state index is -1.79. The van der Waals surface area contributed by atoms with Gasteiger partial charge in [0, 0.05) is 32.4 Å². The van der Waals surface area contributed by atoms with Crippen molar-refractivity contribution in [1.29, 1.82) is 0 Å². The Morgan fingerprint density at radius 1 is 0.693 bits per heavy atom. The van der Waals surface area contributed by atoms with Gasteiger partial charge in [0.15, 0.2) is 0 Å². The van der Waals surface area contributed by atoms with Crippen LogP contribution in [0.4, 0.5) is 0 Å². The zero-order chi connectivity index (χ0) is 56.2. The molecule has 1 saturated heterocycles. The number of unbranched alkanes of at least 4 members (excludes halogenated alkanes) is 2. The number of carbonyl (C=O) groups is 11. The Balaban J connectivity index is 2.55. The van der Waals surface area contributed by atoms with E-state index in [2.05, 4.69) is 47.9 Å². The fraction of sp³-hybridized carbons (Fsp3) is 0.646. The molecule has 27 heteroatoms. The number of carbonyl (C=O) groups excluding carboxylic acids is 10. The number of rotatable bonds is 25. The number of aliphatic carboxylic acids is 1.